The van der Waals surface area contributed by atoms with E-state index in [0.717, 1.165) is 0 Å². The van der Waals surface area contributed by atoms with E-state index in [0.29, 0.717) is 9.26 Å². The van der Waals surface area contributed by atoms with Crippen molar-refractivity contribution in [3.63, 3.8) is 0 Å². The summed E-state index contributed by atoms with van der Waals surface area (Å²) in [6.07, 6.45) is -4.69. The molecule has 0 radical (unpaired) electrons. The molecule has 78 valence electrons. The average Bonchev–Trinajstić information content (AvgIpc) is 2.06. The van der Waals surface area contributed by atoms with Gasteiger partial charge in [0, 0.05) is 6.07 Å². The molecule has 14 heavy (non-hydrogen) atoms. The van der Waals surface area contributed by atoms with Gasteiger partial charge in [0.05, 0.1) is 9.26 Å². The molecule has 0 atom stereocenters. The average molecular weight is 318 g/mol. The third-order valence-corrected chi connectivity index (χ3v) is 2.21. The van der Waals surface area contributed by atoms with Gasteiger partial charge in [-0.05, 0) is 34.7 Å². The Morgan fingerprint density at radius 2 is 2.00 bits per heavy atom. The topological polar surface area (TPSA) is 47.3 Å². The van der Waals surface area contributed by atoms with E-state index in [1.807, 2.05) is 0 Å². The second-order valence-electron chi connectivity index (χ2n) is 2.34. The Bertz CT molecular complexity index is 329. The lowest BCUT2D eigenvalue weighted by atomic mass is 10.3. The molecule has 1 aromatic carbocycles. The van der Waals surface area contributed by atoms with Crippen LogP contribution in [0.1, 0.15) is 0 Å². The highest BCUT2D eigenvalue weighted by Crippen LogP contribution is 2.29. The van der Waals surface area contributed by atoms with Gasteiger partial charge in [0.15, 0.2) is 0 Å². The van der Waals surface area contributed by atoms with Crippen LogP contribution in [0, 0.1) is 3.57 Å². The maximum absolute atomic E-state index is 11.9. The second-order valence-corrected chi connectivity index (χ2v) is 3.50. The van der Waals surface area contributed by atoms with Crippen LogP contribution in [-0.2, 0) is 0 Å². The molecular weight excluding hydrogens is 312 g/mol. The van der Waals surface area contributed by atoms with Gasteiger partial charge in [0.1, 0.15) is 5.75 Å². The largest absolute Gasteiger partial charge is 0.573 e. The SMILES string of the molecule is NNc1ccc(I)c(OC(F)(F)F)c1. The van der Waals surface area contributed by atoms with E-state index < -0.39 is 6.36 Å². The van der Waals surface area contributed by atoms with Gasteiger partial charge < -0.3 is 10.2 Å². The molecule has 0 saturated heterocycles. The van der Waals surface area contributed by atoms with Crippen molar-refractivity contribution in [2.45, 2.75) is 6.36 Å². The van der Waals surface area contributed by atoms with E-state index in [1.165, 1.54) is 12.1 Å². The van der Waals surface area contributed by atoms with Crippen molar-refractivity contribution in [3.8, 4) is 5.75 Å². The van der Waals surface area contributed by atoms with Crippen LogP contribution in [0.25, 0.3) is 0 Å². The Kier molecular flexibility index (Phi) is 3.43. The van der Waals surface area contributed by atoms with Gasteiger partial charge >= 0.3 is 6.36 Å². The first-order valence-corrected chi connectivity index (χ1v) is 4.52. The summed E-state index contributed by atoms with van der Waals surface area (Å²) in [5, 5.41) is 0. The van der Waals surface area contributed by atoms with Gasteiger partial charge in [0.25, 0.3) is 0 Å². The molecule has 3 nitrogen and oxygen atoms in total. The van der Waals surface area contributed by atoms with E-state index in [9.17, 15) is 13.2 Å². The first-order chi connectivity index (χ1) is 6.42. The monoisotopic (exact) mass is 318 g/mol. The van der Waals surface area contributed by atoms with Crippen molar-refractivity contribution in [1.29, 1.82) is 0 Å². The lowest BCUT2D eigenvalue weighted by Gasteiger charge is -2.11. The summed E-state index contributed by atoms with van der Waals surface area (Å²) >= 11 is 1.74. The maximum atomic E-state index is 11.9. The summed E-state index contributed by atoms with van der Waals surface area (Å²) in [6.45, 7) is 0. The van der Waals surface area contributed by atoms with Crippen LogP contribution in [0.15, 0.2) is 18.2 Å². The zero-order valence-electron chi connectivity index (χ0n) is 6.73. The fraction of sp³-hybridized carbons (Fsp3) is 0.143. The van der Waals surface area contributed by atoms with Crippen LogP contribution < -0.4 is 16.0 Å². The summed E-state index contributed by atoms with van der Waals surface area (Å²) in [4.78, 5) is 0. The van der Waals surface area contributed by atoms with Gasteiger partial charge in [-0.15, -0.1) is 13.2 Å². The second kappa shape index (κ2) is 4.22. The molecule has 0 aromatic heterocycles. The third kappa shape index (κ3) is 3.22. The summed E-state index contributed by atoms with van der Waals surface area (Å²) in [7, 11) is 0. The zero-order valence-corrected chi connectivity index (χ0v) is 8.89. The normalized spacial score (nSPS) is 11.2. The molecule has 7 heteroatoms. The maximum Gasteiger partial charge on any atom is 0.573 e. The molecule has 0 fully saturated rings. The Balaban J connectivity index is 2.95. The molecule has 0 aliphatic rings. The van der Waals surface area contributed by atoms with E-state index in [-0.39, 0.29) is 5.75 Å². The molecule has 0 unspecified atom stereocenters. The van der Waals surface area contributed by atoms with Crippen LogP contribution in [0.2, 0.25) is 0 Å². The summed E-state index contributed by atoms with van der Waals surface area (Å²) in [5.74, 6) is 4.77. The molecule has 1 aromatic rings. The predicted octanol–water partition coefficient (Wildman–Crippen LogP) is 2.48. The van der Waals surface area contributed by atoms with Gasteiger partial charge in [-0.1, -0.05) is 0 Å². The van der Waals surface area contributed by atoms with Crippen LogP contribution >= 0.6 is 22.6 Å². The Morgan fingerprint density at radius 1 is 1.36 bits per heavy atom. The number of nitrogens with one attached hydrogen (secondary N) is 1. The Morgan fingerprint density at radius 3 is 2.50 bits per heavy atom. The minimum atomic E-state index is -4.69. The molecule has 0 bridgehead atoms. The predicted molar refractivity (Wildman–Crippen MR) is 53.7 cm³/mol. The highest BCUT2D eigenvalue weighted by Gasteiger charge is 2.31. The van der Waals surface area contributed by atoms with Crippen LogP contribution in [-0.4, -0.2) is 6.36 Å². The number of hydrogen-bond acceptors (Lipinski definition) is 3. The van der Waals surface area contributed by atoms with Crippen LogP contribution in [0.5, 0.6) is 5.75 Å². The van der Waals surface area contributed by atoms with Crippen LogP contribution in [0.3, 0.4) is 0 Å². The molecule has 0 amide bonds. The standard InChI is InChI=1S/C7H6F3IN2O/c8-7(9,10)14-6-3-4(13-12)1-2-5(6)11/h1-3,13H,12H2. The van der Waals surface area contributed by atoms with E-state index in [1.54, 1.807) is 28.7 Å². The first kappa shape index (κ1) is 11.4. The van der Waals surface area contributed by atoms with Crippen LogP contribution in [0.4, 0.5) is 18.9 Å². The van der Waals surface area contributed by atoms with E-state index >= 15 is 0 Å². The number of alkyl halides is 3. The number of ether oxygens (including phenoxy) is 1. The highest BCUT2D eigenvalue weighted by molar-refractivity contribution is 14.1. The number of rotatable bonds is 2. The number of halogens is 4. The molecular formula is C7H6F3IN2O. The molecule has 3 N–H and O–H groups in total. The molecule has 0 spiro atoms. The van der Waals surface area contributed by atoms with Gasteiger partial charge in [-0.2, -0.15) is 0 Å². The van der Waals surface area contributed by atoms with Crippen molar-refractivity contribution in [2.75, 3.05) is 5.43 Å². The summed E-state index contributed by atoms with van der Waals surface area (Å²) in [6, 6.07) is 4.19. The smallest absolute Gasteiger partial charge is 0.405 e. The lowest BCUT2D eigenvalue weighted by Crippen LogP contribution is -2.18. The fourth-order valence-electron chi connectivity index (χ4n) is 0.796. The van der Waals surface area contributed by atoms with Crippen molar-refractivity contribution in [1.82, 2.24) is 0 Å². The van der Waals surface area contributed by atoms with Gasteiger partial charge in [0.2, 0.25) is 0 Å². The Labute approximate surface area is 91.5 Å². The summed E-state index contributed by atoms with van der Waals surface area (Å²) in [5.41, 5.74) is 2.58. The molecule has 0 aliphatic carbocycles. The number of anilines is 1. The van der Waals surface area contributed by atoms with Gasteiger partial charge in [-0.3, -0.25) is 5.84 Å². The first-order valence-electron chi connectivity index (χ1n) is 3.44. The number of hydrazine groups is 1. The fourth-order valence-corrected chi connectivity index (χ4v) is 1.24. The number of nitrogen functional groups attached to an aromatic ring is 1. The van der Waals surface area contributed by atoms with Crippen molar-refractivity contribution >= 4 is 28.3 Å². The highest BCUT2D eigenvalue weighted by atomic mass is 127. The number of hydrogen-bond donors (Lipinski definition) is 2. The van der Waals surface area contributed by atoms with Gasteiger partial charge in [-0.25, -0.2) is 0 Å². The lowest BCUT2D eigenvalue weighted by molar-refractivity contribution is -0.274. The molecule has 0 aliphatic heterocycles. The molecule has 0 saturated carbocycles. The molecule has 0 heterocycles. The minimum absolute atomic E-state index is 0.270. The van der Waals surface area contributed by atoms with Crippen molar-refractivity contribution in [3.05, 3.63) is 21.8 Å². The Hall–Kier alpha value is -0.700. The number of benzene rings is 1. The zero-order chi connectivity index (χ0) is 10.8. The minimum Gasteiger partial charge on any atom is -0.405 e. The van der Waals surface area contributed by atoms with Crippen molar-refractivity contribution < 1.29 is 17.9 Å². The quantitative estimate of drug-likeness (QED) is 0.500. The summed E-state index contributed by atoms with van der Waals surface area (Å²) < 4.78 is 39.8. The third-order valence-electron chi connectivity index (χ3n) is 1.32. The van der Waals surface area contributed by atoms with E-state index in [4.69, 9.17) is 5.84 Å². The van der Waals surface area contributed by atoms with E-state index in [2.05, 4.69) is 10.2 Å². The molecule has 1 rings (SSSR count). The number of nitrogens with two attached hydrogens (primary N) is 1. The van der Waals surface area contributed by atoms with Crippen molar-refractivity contribution in [2.24, 2.45) is 5.84 Å².